The van der Waals surface area contributed by atoms with Gasteiger partial charge in [0.1, 0.15) is 0 Å². The number of aromatic nitrogens is 2. The van der Waals surface area contributed by atoms with Crippen molar-refractivity contribution in [3.63, 3.8) is 0 Å². The van der Waals surface area contributed by atoms with Gasteiger partial charge < -0.3 is 14.0 Å². The fraction of sp³-hybridized carbons (Fsp3) is 0. The number of hydrogen-bond acceptors (Lipinski definition) is 1. The minimum absolute atomic E-state index is 1.11. The van der Waals surface area contributed by atoms with Crippen molar-refractivity contribution >= 4 is 60.7 Å². The van der Waals surface area contributed by atoms with E-state index in [2.05, 4.69) is 214 Å². The van der Waals surface area contributed by atoms with Gasteiger partial charge in [-0.25, -0.2) is 0 Å². The molecule has 0 spiro atoms. The van der Waals surface area contributed by atoms with E-state index in [1.54, 1.807) is 0 Å². The van der Waals surface area contributed by atoms with Crippen molar-refractivity contribution in [2.24, 2.45) is 0 Å². The Morgan fingerprint density at radius 2 is 0.725 bits per heavy atom. The van der Waals surface area contributed by atoms with Crippen LogP contribution in [0.4, 0.5) is 17.1 Å². The molecule has 0 saturated heterocycles. The predicted molar refractivity (Wildman–Crippen MR) is 215 cm³/mol. The van der Waals surface area contributed by atoms with Crippen LogP contribution in [0.15, 0.2) is 200 Å². The van der Waals surface area contributed by atoms with Gasteiger partial charge in [-0.1, -0.05) is 115 Å². The molecule has 0 radical (unpaired) electrons. The molecule has 0 saturated carbocycles. The summed E-state index contributed by atoms with van der Waals surface area (Å²) in [5, 5.41) is 4.89. The molecule has 0 unspecified atom stereocenters. The van der Waals surface area contributed by atoms with Gasteiger partial charge in [-0.2, -0.15) is 0 Å². The number of nitrogens with zero attached hydrogens (tertiary/aromatic N) is 3. The molecule has 0 N–H and O–H groups in total. The number of hydrogen-bond donors (Lipinski definition) is 0. The van der Waals surface area contributed by atoms with E-state index < -0.39 is 0 Å². The summed E-state index contributed by atoms with van der Waals surface area (Å²) < 4.78 is 4.86. The summed E-state index contributed by atoms with van der Waals surface area (Å²) in [5.74, 6) is 0. The third kappa shape index (κ3) is 4.82. The molecule has 10 aromatic rings. The zero-order valence-electron chi connectivity index (χ0n) is 27.9. The number of rotatable bonds is 6. The van der Waals surface area contributed by atoms with Gasteiger partial charge in [0.15, 0.2) is 0 Å². The number of benzene rings is 8. The minimum atomic E-state index is 1.11. The highest BCUT2D eigenvalue weighted by molar-refractivity contribution is 6.19. The number of para-hydroxylation sites is 4. The average Bonchev–Trinajstić information content (AvgIpc) is 3.70. The molecular formula is C48H33N3. The van der Waals surface area contributed by atoms with Crippen LogP contribution >= 0.6 is 0 Å². The summed E-state index contributed by atoms with van der Waals surface area (Å²) in [7, 11) is 0. The Labute approximate surface area is 296 Å². The van der Waals surface area contributed by atoms with E-state index in [0.717, 1.165) is 28.4 Å². The van der Waals surface area contributed by atoms with Crippen molar-refractivity contribution in [1.29, 1.82) is 0 Å². The molecule has 0 aliphatic heterocycles. The third-order valence-corrected chi connectivity index (χ3v) is 10.1. The van der Waals surface area contributed by atoms with Gasteiger partial charge >= 0.3 is 0 Å². The lowest BCUT2D eigenvalue weighted by molar-refractivity contribution is 1.17. The molecule has 0 aliphatic rings. The quantitative estimate of drug-likeness (QED) is 0.174. The first kappa shape index (κ1) is 29.1. The maximum Gasteiger partial charge on any atom is 0.0548 e. The highest BCUT2D eigenvalue weighted by Crippen LogP contribution is 2.43. The van der Waals surface area contributed by atoms with Crippen LogP contribution in [0, 0.1) is 0 Å². The largest absolute Gasteiger partial charge is 0.310 e. The summed E-state index contributed by atoms with van der Waals surface area (Å²) >= 11 is 0. The first-order valence-electron chi connectivity index (χ1n) is 17.4. The highest BCUT2D eigenvalue weighted by atomic mass is 15.1. The Kier molecular flexibility index (Phi) is 6.81. The first-order chi connectivity index (χ1) is 25.3. The monoisotopic (exact) mass is 651 g/mol. The second-order valence-corrected chi connectivity index (χ2v) is 13.0. The van der Waals surface area contributed by atoms with Crippen LogP contribution in [-0.4, -0.2) is 9.13 Å². The normalized spacial score (nSPS) is 11.5. The van der Waals surface area contributed by atoms with Gasteiger partial charge in [0.25, 0.3) is 0 Å². The summed E-state index contributed by atoms with van der Waals surface area (Å²) in [5.41, 5.74) is 12.8. The lowest BCUT2D eigenvalue weighted by Crippen LogP contribution is -2.09. The zero-order valence-corrected chi connectivity index (χ0v) is 27.9. The molecule has 51 heavy (non-hydrogen) atoms. The molecule has 3 nitrogen and oxygen atoms in total. The molecular weight excluding hydrogens is 619 g/mol. The summed E-state index contributed by atoms with van der Waals surface area (Å²) in [4.78, 5) is 2.34. The fourth-order valence-corrected chi connectivity index (χ4v) is 7.78. The van der Waals surface area contributed by atoms with Crippen molar-refractivity contribution in [1.82, 2.24) is 9.13 Å². The van der Waals surface area contributed by atoms with Crippen LogP contribution < -0.4 is 4.90 Å². The van der Waals surface area contributed by atoms with Gasteiger partial charge in [-0.15, -0.1) is 0 Å². The molecule has 2 heterocycles. The third-order valence-electron chi connectivity index (χ3n) is 10.1. The van der Waals surface area contributed by atoms with Crippen molar-refractivity contribution in [2.45, 2.75) is 0 Å². The van der Waals surface area contributed by atoms with Crippen LogP contribution in [0.25, 0.3) is 66.1 Å². The number of anilines is 3. The fourth-order valence-electron chi connectivity index (χ4n) is 7.78. The Hall–Kier alpha value is -6.84. The Morgan fingerprint density at radius 1 is 0.275 bits per heavy atom. The SMILES string of the molecule is c1ccc(-c2ccc3c4cc5c(cc4n(-c4ccccc4)c3c2)c2cc(N(c3ccccc3)c3ccccc3)ccc2n5-c2ccccc2)cc1. The topological polar surface area (TPSA) is 13.1 Å². The minimum Gasteiger partial charge on any atom is -0.310 e. The molecule has 3 heteroatoms. The average molecular weight is 652 g/mol. The Morgan fingerprint density at radius 3 is 1.29 bits per heavy atom. The van der Waals surface area contributed by atoms with E-state index in [-0.39, 0.29) is 0 Å². The second kappa shape index (κ2) is 11.9. The van der Waals surface area contributed by atoms with Gasteiger partial charge in [0, 0.05) is 50.0 Å². The summed E-state index contributed by atoms with van der Waals surface area (Å²) in [6, 6.07) is 72.1. The van der Waals surface area contributed by atoms with Crippen LogP contribution in [0.5, 0.6) is 0 Å². The predicted octanol–water partition coefficient (Wildman–Crippen LogP) is 13.0. The second-order valence-electron chi connectivity index (χ2n) is 13.0. The van der Waals surface area contributed by atoms with Crippen LogP contribution in [-0.2, 0) is 0 Å². The first-order valence-corrected chi connectivity index (χ1v) is 17.4. The van der Waals surface area contributed by atoms with E-state index in [1.807, 2.05) is 0 Å². The van der Waals surface area contributed by atoms with E-state index in [1.165, 1.54) is 54.7 Å². The van der Waals surface area contributed by atoms with E-state index in [4.69, 9.17) is 0 Å². The molecule has 240 valence electrons. The van der Waals surface area contributed by atoms with Gasteiger partial charge in [0.2, 0.25) is 0 Å². The van der Waals surface area contributed by atoms with Crippen molar-refractivity contribution in [2.75, 3.05) is 4.90 Å². The van der Waals surface area contributed by atoms with Crippen molar-refractivity contribution in [3.05, 3.63) is 200 Å². The number of fused-ring (bicyclic) bond motifs is 6. The standard InChI is InChI=1S/C48H33N3/c1-6-16-34(17-7-1)35-26-28-41-43-32-48-44(33-47(43)51(46(41)30-35)39-24-14-5-15-25-39)42-31-40(27-29-45(42)50(48)38-22-12-4-13-23-38)49(36-18-8-2-9-19-36)37-20-10-3-11-21-37/h1-33H. The molecule has 10 rings (SSSR count). The molecule has 8 aromatic carbocycles. The van der Waals surface area contributed by atoms with Gasteiger partial charge in [-0.05, 0) is 96.1 Å². The Balaban J connectivity index is 1.30. The van der Waals surface area contributed by atoms with Crippen LogP contribution in [0.1, 0.15) is 0 Å². The summed E-state index contributed by atoms with van der Waals surface area (Å²) in [6.45, 7) is 0. The van der Waals surface area contributed by atoms with E-state index in [9.17, 15) is 0 Å². The van der Waals surface area contributed by atoms with Crippen molar-refractivity contribution in [3.8, 4) is 22.5 Å². The molecule has 0 aliphatic carbocycles. The lowest BCUT2D eigenvalue weighted by Gasteiger charge is -2.25. The molecule has 0 atom stereocenters. The zero-order chi connectivity index (χ0) is 33.7. The molecule has 2 aromatic heterocycles. The molecule has 0 bridgehead atoms. The van der Waals surface area contributed by atoms with E-state index >= 15 is 0 Å². The molecule has 0 fully saturated rings. The smallest absolute Gasteiger partial charge is 0.0548 e. The van der Waals surface area contributed by atoms with Crippen molar-refractivity contribution < 1.29 is 0 Å². The molecule has 0 amide bonds. The highest BCUT2D eigenvalue weighted by Gasteiger charge is 2.21. The van der Waals surface area contributed by atoms with Crippen LogP contribution in [0.3, 0.4) is 0 Å². The Bertz CT molecular complexity index is 2780. The maximum absolute atomic E-state index is 2.44. The lowest BCUT2D eigenvalue weighted by atomic mass is 10.0. The van der Waals surface area contributed by atoms with E-state index in [0.29, 0.717) is 0 Å². The maximum atomic E-state index is 2.44. The van der Waals surface area contributed by atoms with Crippen LogP contribution in [0.2, 0.25) is 0 Å². The summed E-state index contributed by atoms with van der Waals surface area (Å²) in [6.07, 6.45) is 0. The van der Waals surface area contributed by atoms with Gasteiger partial charge in [-0.3, -0.25) is 0 Å². The van der Waals surface area contributed by atoms with Gasteiger partial charge in [0.05, 0.1) is 22.1 Å².